The fourth-order valence-corrected chi connectivity index (χ4v) is 10.6. The number of aromatic hydroxyl groups is 1. The molecule has 424 valence electrons. The highest BCUT2D eigenvalue weighted by atomic mass is 35.5. The van der Waals surface area contributed by atoms with Gasteiger partial charge in [-0.25, -0.2) is 0 Å². The number of nitrogens with one attached hydrogen (secondary N) is 7. The molecular formula is C53H65Cl2N11O11S2. The van der Waals surface area contributed by atoms with Gasteiger partial charge in [0.05, 0.1) is 12.1 Å². The number of rotatable bonds is 19. The molecule has 1 heterocycles. The lowest BCUT2D eigenvalue weighted by molar-refractivity contribution is -0.136. The minimum atomic E-state index is -1.75. The van der Waals surface area contributed by atoms with Crippen LogP contribution in [0.1, 0.15) is 58.8 Å². The maximum atomic E-state index is 14.7. The van der Waals surface area contributed by atoms with Crippen molar-refractivity contribution < 1.29 is 53.4 Å². The van der Waals surface area contributed by atoms with E-state index in [1.807, 2.05) is 0 Å². The largest absolute Gasteiger partial charge is 0.508 e. The van der Waals surface area contributed by atoms with Crippen LogP contribution in [0.15, 0.2) is 97.1 Å². The van der Waals surface area contributed by atoms with Crippen LogP contribution >= 0.6 is 44.8 Å². The number of aliphatic hydroxyl groups excluding tert-OH is 1. The summed E-state index contributed by atoms with van der Waals surface area (Å²) in [5, 5.41) is 40.4. The van der Waals surface area contributed by atoms with Gasteiger partial charge in [-0.3, -0.25) is 43.2 Å². The van der Waals surface area contributed by atoms with Gasteiger partial charge in [-0.15, -0.1) is 0 Å². The van der Waals surface area contributed by atoms with Gasteiger partial charge < -0.3 is 70.4 Å². The van der Waals surface area contributed by atoms with Gasteiger partial charge in [-0.05, 0) is 110 Å². The second-order valence-corrected chi connectivity index (χ2v) is 22.2. The number of primary amides is 2. The summed E-state index contributed by atoms with van der Waals surface area (Å²) in [7, 11) is 1.92. The molecule has 4 aromatic rings. The van der Waals surface area contributed by atoms with Gasteiger partial charge in [0.25, 0.3) is 0 Å². The average Bonchev–Trinajstić information content (AvgIpc) is 3.41. The summed E-state index contributed by atoms with van der Waals surface area (Å²) in [4.78, 5) is 125. The maximum Gasteiger partial charge on any atom is 0.248 e. The second kappa shape index (κ2) is 31.0. The lowest BCUT2D eigenvalue weighted by Crippen LogP contribution is -2.62. The number of carbonyl (C=O) groups is 9. The van der Waals surface area contributed by atoms with Gasteiger partial charge in [0, 0.05) is 46.4 Å². The Hall–Kier alpha value is -6.93. The zero-order valence-corrected chi connectivity index (χ0v) is 46.1. The Labute approximate surface area is 474 Å². The van der Waals surface area contributed by atoms with E-state index in [-0.39, 0.29) is 67.9 Å². The smallest absolute Gasteiger partial charge is 0.248 e. The Morgan fingerprint density at radius 2 is 1.14 bits per heavy atom. The molecule has 0 aromatic heterocycles. The van der Waals surface area contributed by atoms with Crippen LogP contribution in [0.2, 0.25) is 10.0 Å². The van der Waals surface area contributed by atoms with Crippen molar-refractivity contribution in [3.05, 3.63) is 135 Å². The molecule has 0 saturated carbocycles. The number of hydrogen-bond donors (Lipinski definition) is 13. The Kier molecular flexibility index (Phi) is 24.7. The van der Waals surface area contributed by atoms with E-state index in [0.717, 1.165) is 21.6 Å². The number of nitrogens with two attached hydrogens (primary N) is 4. The van der Waals surface area contributed by atoms with Gasteiger partial charge in [0.15, 0.2) is 0 Å². The van der Waals surface area contributed by atoms with E-state index >= 15 is 0 Å². The van der Waals surface area contributed by atoms with Crippen LogP contribution in [-0.4, -0.2) is 136 Å². The number of hydrogen-bond acceptors (Lipinski definition) is 15. The molecule has 17 N–H and O–H groups in total. The molecule has 79 heavy (non-hydrogen) atoms. The Balaban J connectivity index is 1.57. The summed E-state index contributed by atoms with van der Waals surface area (Å²) < 4.78 is 0. The van der Waals surface area contributed by atoms with Crippen LogP contribution in [-0.2, 0) is 64.0 Å². The highest BCUT2D eigenvalue weighted by Crippen LogP contribution is 2.24. The fourth-order valence-electron chi connectivity index (χ4n) is 8.02. The van der Waals surface area contributed by atoms with E-state index in [1.165, 1.54) is 55.5 Å². The third-order valence-corrected chi connectivity index (χ3v) is 15.4. The molecular weight excluding hydrogens is 1100 g/mol. The predicted molar refractivity (Wildman–Crippen MR) is 301 cm³/mol. The van der Waals surface area contributed by atoms with Crippen molar-refractivity contribution in [1.82, 2.24) is 37.2 Å². The van der Waals surface area contributed by atoms with E-state index in [9.17, 15) is 53.4 Å². The van der Waals surface area contributed by atoms with Crippen LogP contribution < -0.4 is 60.2 Å². The standard InChI is InChI=1S/C53H65Cl2N11O11S2/c1-28(67)44-53(77)65-43(51(75)61-39(46(59)70)23-31-9-17-35(55)18-10-31)27-79-78-26-42(64-47(71)37(57)22-29-7-15-34(54)16-8-29)52(76)63-41(25-32-11-19-36(68)20-12-32)50(74)62-40(24-30-5-13-33(14-6-30)45(58)69)49(73)60-38(48(72)66-44)4-2-3-21-56/h5-20,28,37-44,67-68H,2-4,21-27,56-57H2,1H3,(H2,58,69)(H2,59,70)(H,60,73)(H,61,75)(H,62,74)(H,63,76)(H,64,71)(H,65,77)(H,66,72)/t28?,37-,38-,39+,40+,41-,42+,43-,44?/m0/s1. The first-order valence-electron chi connectivity index (χ1n) is 25.1. The molecule has 1 fully saturated rings. The maximum absolute atomic E-state index is 14.7. The molecule has 9 amide bonds. The average molecular weight is 1170 g/mol. The van der Waals surface area contributed by atoms with Gasteiger partial charge in [-0.2, -0.15) is 0 Å². The van der Waals surface area contributed by atoms with E-state index in [1.54, 1.807) is 48.5 Å². The summed E-state index contributed by atoms with van der Waals surface area (Å²) in [5.41, 5.74) is 25.6. The lowest BCUT2D eigenvalue weighted by Gasteiger charge is -2.29. The summed E-state index contributed by atoms with van der Waals surface area (Å²) >= 11 is 12.1. The van der Waals surface area contributed by atoms with Gasteiger partial charge in [-0.1, -0.05) is 93.3 Å². The number of carbonyl (C=O) groups excluding carboxylic acids is 9. The molecule has 26 heteroatoms. The number of amides is 9. The van der Waals surface area contributed by atoms with Crippen LogP contribution in [0.3, 0.4) is 0 Å². The van der Waals surface area contributed by atoms with Crippen molar-refractivity contribution in [2.75, 3.05) is 18.1 Å². The van der Waals surface area contributed by atoms with Crippen LogP contribution in [0.4, 0.5) is 0 Å². The van der Waals surface area contributed by atoms with E-state index in [0.29, 0.717) is 38.7 Å². The number of halogens is 2. The van der Waals surface area contributed by atoms with E-state index in [4.69, 9.17) is 46.1 Å². The summed E-state index contributed by atoms with van der Waals surface area (Å²) in [5.74, 6) is -8.61. The van der Waals surface area contributed by atoms with Crippen molar-refractivity contribution in [1.29, 1.82) is 0 Å². The van der Waals surface area contributed by atoms with Crippen molar-refractivity contribution >= 4 is 98.0 Å². The third-order valence-electron chi connectivity index (χ3n) is 12.5. The molecule has 0 spiro atoms. The minimum absolute atomic E-state index is 0.0302. The van der Waals surface area contributed by atoms with Crippen LogP contribution in [0, 0.1) is 0 Å². The van der Waals surface area contributed by atoms with Crippen LogP contribution in [0.5, 0.6) is 5.75 Å². The number of benzene rings is 4. The number of phenols is 1. The zero-order valence-electron chi connectivity index (χ0n) is 43.0. The molecule has 4 aromatic carbocycles. The lowest BCUT2D eigenvalue weighted by atomic mass is 10.00. The van der Waals surface area contributed by atoms with Crippen LogP contribution in [0.25, 0.3) is 0 Å². The molecule has 5 rings (SSSR count). The summed E-state index contributed by atoms with van der Waals surface area (Å²) in [6, 6.07) is 13.0. The Morgan fingerprint density at radius 1 is 0.646 bits per heavy atom. The minimum Gasteiger partial charge on any atom is -0.508 e. The zero-order chi connectivity index (χ0) is 57.8. The van der Waals surface area contributed by atoms with Gasteiger partial charge in [0.1, 0.15) is 48.0 Å². The van der Waals surface area contributed by atoms with Crippen molar-refractivity contribution in [3.8, 4) is 5.75 Å². The van der Waals surface area contributed by atoms with E-state index < -0.39 is 108 Å². The molecule has 0 bridgehead atoms. The molecule has 2 unspecified atom stereocenters. The quantitative estimate of drug-likeness (QED) is 0.0440. The van der Waals surface area contributed by atoms with Crippen molar-refractivity contribution in [3.63, 3.8) is 0 Å². The molecule has 0 radical (unpaired) electrons. The molecule has 9 atom stereocenters. The monoisotopic (exact) mass is 1170 g/mol. The number of unbranched alkanes of at least 4 members (excludes halogenated alkanes) is 1. The van der Waals surface area contributed by atoms with Gasteiger partial charge >= 0.3 is 0 Å². The van der Waals surface area contributed by atoms with E-state index in [2.05, 4.69) is 37.2 Å². The summed E-state index contributed by atoms with van der Waals surface area (Å²) in [6.45, 7) is 1.43. The van der Waals surface area contributed by atoms with Crippen molar-refractivity contribution in [2.45, 2.75) is 106 Å². The molecule has 22 nitrogen and oxygen atoms in total. The molecule has 1 aliphatic heterocycles. The fraction of sp³-hybridized carbons (Fsp3) is 0.377. The Bertz CT molecular complexity index is 2770. The SMILES string of the molecule is CC(O)C1NC(=O)[C@H](CCCCN)NC(=O)[C@@H](Cc2ccc(C(N)=O)cc2)NC(=O)[C@H](Cc2ccc(O)cc2)NC(=O)[C@H](NC(=O)[C@@H](N)Cc2ccc(Cl)cc2)CSSC[C@@H](C(=O)N[C@H](Cc2ccc(Cl)cc2)C(N)=O)NC1=O. The molecule has 0 aliphatic carbocycles. The first-order valence-corrected chi connectivity index (χ1v) is 28.3. The molecule has 1 saturated heterocycles. The highest BCUT2D eigenvalue weighted by Gasteiger charge is 2.36. The Morgan fingerprint density at radius 3 is 1.67 bits per heavy atom. The van der Waals surface area contributed by atoms with Gasteiger partial charge in [0.2, 0.25) is 53.2 Å². The van der Waals surface area contributed by atoms with Crippen molar-refractivity contribution in [2.24, 2.45) is 22.9 Å². The number of aliphatic hydroxyl groups is 1. The first kappa shape index (κ1) is 62.9. The predicted octanol–water partition coefficient (Wildman–Crippen LogP) is 0.180. The summed E-state index contributed by atoms with van der Waals surface area (Å²) in [6.07, 6.45) is -1.48. The third kappa shape index (κ3) is 20.4. The first-order chi connectivity index (χ1) is 37.6. The highest BCUT2D eigenvalue weighted by molar-refractivity contribution is 8.76. The number of phenolic OH excluding ortho intramolecular Hbond substituents is 1. The molecule has 1 aliphatic rings. The second-order valence-electron chi connectivity index (χ2n) is 18.8. The normalized spacial score (nSPS) is 21.1. The topological polar surface area (TPSA) is 382 Å².